The van der Waals surface area contributed by atoms with Crippen molar-refractivity contribution in [2.45, 2.75) is 11.3 Å². The third-order valence-electron chi connectivity index (χ3n) is 3.22. The summed E-state index contributed by atoms with van der Waals surface area (Å²) in [5, 5.41) is 8.28. The number of aromatic nitrogens is 2. The van der Waals surface area contributed by atoms with Crippen molar-refractivity contribution >= 4 is 34.6 Å². The maximum atomic E-state index is 12.1. The van der Waals surface area contributed by atoms with Crippen LogP contribution in [0.2, 0.25) is 0 Å². The number of carbonyl (C=O) groups is 1. The number of nitrogens with two attached hydrogens (primary N) is 1. The fourth-order valence-corrected chi connectivity index (χ4v) is 2.48. The van der Waals surface area contributed by atoms with Crippen LogP contribution in [0.25, 0.3) is 11.0 Å². The van der Waals surface area contributed by atoms with E-state index in [-0.39, 0.29) is 18.0 Å². The second-order valence-corrected chi connectivity index (χ2v) is 5.53. The van der Waals surface area contributed by atoms with Crippen LogP contribution in [0, 0.1) is 0 Å². The van der Waals surface area contributed by atoms with Crippen LogP contribution >= 0.6 is 11.9 Å². The summed E-state index contributed by atoms with van der Waals surface area (Å²) in [7, 11) is 0. The molecule has 0 atom stereocenters. The minimum absolute atomic E-state index is 0.120. The van der Waals surface area contributed by atoms with E-state index < -0.39 is 0 Å². The molecular formula is C15H14N4O2S. The van der Waals surface area contributed by atoms with Gasteiger partial charge in [0, 0.05) is 10.6 Å². The number of H-pyrrole nitrogens is 2. The lowest BCUT2D eigenvalue weighted by atomic mass is 10.1. The maximum absolute atomic E-state index is 12.1. The van der Waals surface area contributed by atoms with E-state index in [4.69, 9.17) is 5.14 Å². The molecule has 6 nitrogen and oxygen atoms in total. The Morgan fingerprint density at radius 2 is 1.82 bits per heavy atom. The lowest BCUT2D eigenvalue weighted by Crippen LogP contribution is -2.14. The van der Waals surface area contributed by atoms with Crippen molar-refractivity contribution in [2.75, 3.05) is 5.32 Å². The van der Waals surface area contributed by atoms with Gasteiger partial charge in [-0.3, -0.25) is 9.93 Å². The van der Waals surface area contributed by atoms with Crippen molar-refractivity contribution in [3.05, 3.63) is 58.5 Å². The summed E-state index contributed by atoms with van der Waals surface area (Å²) >= 11 is 1.17. The summed E-state index contributed by atoms with van der Waals surface area (Å²) in [6.45, 7) is 0. The molecule has 22 heavy (non-hydrogen) atoms. The van der Waals surface area contributed by atoms with Gasteiger partial charge >= 0.3 is 5.69 Å². The molecule has 5 N–H and O–H groups in total. The SMILES string of the molecule is NSc1ccc(CC(=O)Nc2ccc3[nH]c(=O)[nH]c3c2)cc1. The molecule has 0 spiro atoms. The molecule has 0 aliphatic rings. The first-order chi connectivity index (χ1) is 10.6. The maximum Gasteiger partial charge on any atom is 0.323 e. The van der Waals surface area contributed by atoms with E-state index in [2.05, 4.69) is 15.3 Å². The lowest BCUT2D eigenvalue weighted by molar-refractivity contribution is -0.115. The van der Waals surface area contributed by atoms with E-state index in [1.165, 1.54) is 11.9 Å². The highest BCUT2D eigenvalue weighted by Gasteiger charge is 2.06. The number of anilines is 1. The number of carbonyl (C=O) groups excluding carboxylic acids is 1. The van der Waals surface area contributed by atoms with Gasteiger partial charge in [0.1, 0.15) is 0 Å². The Kier molecular flexibility index (Phi) is 3.99. The summed E-state index contributed by atoms with van der Waals surface area (Å²) in [6, 6.07) is 12.7. The molecule has 0 aliphatic heterocycles. The van der Waals surface area contributed by atoms with Crippen LogP contribution in [0.5, 0.6) is 0 Å². The van der Waals surface area contributed by atoms with E-state index in [9.17, 15) is 9.59 Å². The monoisotopic (exact) mass is 314 g/mol. The molecule has 0 saturated heterocycles. The average molecular weight is 314 g/mol. The number of fused-ring (bicyclic) bond motifs is 1. The zero-order valence-electron chi connectivity index (χ0n) is 11.6. The topological polar surface area (TPSA) is 104 Å². The minimum Gasteiger partial charge on any atom is -0.326 e. The van der Waals surface area contributed by atoms with Gasteiger partial charge in [-0.25, -0.2) is 4.79 Å². The zero-order chi connectivity index (χ0) is 15.5. The van der Waals surface area contributed by atoms with E-state index in [0.29, 0.717) is 16.7 Å². The van der Waals surface area contributed by atoms with Gasteiger partial charge in [0.05, 0.1) is 17.5 Å². The van der Waals surface area contributed by atoms with Gasteiger partial charge in [0.2, 0.25) is 5.91 Å². The molecule has 2 aromatic carbocycles. The molecule has 1 aromatic heterocycles. The molecule has 0 saturated carbocycles. The van der Waals surface area contributed by atoms with Crippen LogP contribution in [0.4, 0.5) is 5.69 Å². The summed E-state index contributed by atoms with van der Waals surface area (Å²) < 4.78 is 0. The van der Waals surface area contributed by atoms with Crippen LogP contribution in [-0.4, -0.2) is 15.9 Å². The van der Waals surface area contributed by atoms with Gasteiger partial charge in [0.25, 0.3) is 0 Å². The van der Waals surface area contributed by atoms with E-state index >= 15 is 0 Å². The highest BCUT2D eigenvalue weighted by Crippen LogP contribution is 2.16. The second-order valence-electron chi connectivity index (χ2n) is 4.83. The normalized spacial score (nSPS) is 10.8. The first-order valence-corrected chi connectivity index (χ1v) is 7.49. The largest absolute Gasteiger partial charge is 0.326 e. The van der Waals surface area contributed by atoms with Gasteiger partial charge in [-0.15, -0.1) is 0 Å². The van der Waals surface area contributed by atoms with Crippen LogP contribution in [-0.2, 0) is 11.2 Å². The molecule has 0 unspecified atom stereocenters. The Bertz CT molecular complexity index is 867. The Morgan fingerprint density at radius 1 is 1.09 bits per heavy atom. The second kappa shape index (κ2) is 6.08. The van der Waals surface area contributed by atoms with Crippen LogP contribution in [0.3, 0.4) is 0 Å². The highest BCUT2D eigenvalue weighted by molar-refractivity contribution is 7.97. The Morgan fingerprint density at radius 3 is 2.55 bits per heavy atom. The summed E-state index contributed by atoms with van der Waals surface area (Å²) in [5.74, 6) is -0.120. The lowest BCUT2D eigenvalue weighted by Gasteiger charge is -2.06. The van der Waals surface area contributed by atoms with E-state index in [1.807, 2.05) is 24.3 Å². The Hall–Kier alpha value is -2.51. The predicted molar refractivity (Wildman–Crippen MR) is 87.7 cm³/mol. The quantitative estimate of drug-likeness (QED) is 0.553. The Labute approximate surface area is 130 Å². The molecule has 1 heterocycles. The number of aromatic amines is 2. The molecule has 0 fully saturated rings. The molecular weight excluding hydrogens is 300 g/mol. The van der Waals surface area contributed by atoms with Gasteiger partial charge in [0.15, 0.2) is 0 Å². The molecule has 7 heteroatoms. The van der Waals surface area contributed by atoms with Crippen molar-refractivity contribution in [3.63, 3.8) is 0 Å². The molecule has 0 radical (unpaired) electrons. The fraction of sp³-hybridized carbons (Fsp3) is 0.0667. The van der Waals surface area contributed by atoms with Crippen LogP contribution < -0.4 is 16.1 Å². The number of hydrogen-bond acceptors (Lipinski definition) is 4. The predicted octanol–water partition coefficient (Wildman–Crippen LogP) is 2.00. The van der Waals surface area contributed by atoms with Crippen LogP contribution in [0.15, 0.2) is 52.2 Å². The molecule has 3 rings (SSSR count). The number of rotatable bonds is 4. The summed E-state index contributed by atoms with van der Waals surface area (Å²) in [6.07, 6.45) is 0.275. The van der Waals surface area contributed by atoms with Crippen LogP contribution in [0.1, 0.15) is 5.56 Å². The number of amides is 1. The molecule has 0 aliphatic carbocycles. The van der Waals surface area contributed by atoms with Crippen molar-refractivity contribution in [1.29, 1.82) is 0 Å². The first kappa shape index (κ1) is 14.4. The molecule has 112 valence electrons. The summed E-state index contributed by atoms with van der Waals surface area (Å²) in [4.78, 5) is 29.5. The van der Waals surface area contributed by atoms with Gasteiger partial charge in [-0.05, 0) is 47.8 Å². The van der Waals surface area contributed by atoms with Crippen molar-refractivity contribution in [1.82, 2.24) is 9.97 Å². The third kappa shape index (κ3) is 3.21. The van der Waals surface area contributed by atoms with E-state index in [0.717, 1.165) is 10.5 Å². The van der Waals surface area contributed by atoms with Crippen molar-refractivity contribution < 1.29 is 4.79 Å². The Balaban J connectivity index is 1.70. The number of imidazole rings is 1. The van der Waals surface area contributed by atoms with E-state index in [1.54, 1.807) is 18.2 Å². The number of hydrogen-bond donors (Lipinski definition) is 4. The fourth-order valence-electron chi connectivity index (χ4n) is 2.19. The zero-order valence-corrected chi connectivity index (χ0v) is 12.4. The molecule has 0 bridgehead atoms. The third-order valence-corrected chi connectivity index (χ3v) is 3.77. The van der Waals surface area contributed by atoms with Gasteiger partial charge < -0.3 is 15.3 Å². The first-order valence-electron chi connectivity index (χ1n) is 6.61. The minimum atomic E-state index is -0.267. The molecule has 3 aromatic rings. The standard InChI is InChI=1S/C15H14N4O2S/c16-22-11-4-1-9(2-5-11)7-14(20)17-10-3-6-12-13(8-10)19-15(21)18-12/h1-6,8H,7,16H2,(H,17,20)(H2,18,19,21). The number of nitrogens with one attached hydrogen (secondary N) is 3. The van der Waals surface area contributed by atoms with Gasteiger partial charge in [-0.1, -0.05) is 12.1 Å². The average Bonchev–Trinajstić information content (AvgIpc) is 2.87. The smallest absolute Gasteiger partial charge is 0.323 e. The number of benzene rings is 2. The van der Waals surface area contributed by atoms with Crippen molar-refractivity contribution in [3.8, 4) is 0 Å². The highest BCUT2D eigenvalue weighted by atomic mass is 32.2. The van der Waals surface area contributed by atoms with Crippen molar-refractivity contribution in [2.24, 2.45) is 5.14 Å². The molecule has 1 amide bonds. The summed E-state index contributed by atoms with van der Waals surface area (Å²) in [5.41, 5.74) is 2.65. The van der Waals surface area contributed by atoms with Gasteiger partial charge in [-0.2, -0.15) is 0 Å².